The largest absolute Gasteiger partial charge is 0.312 e. The van der Waals surface area contributed by atoms with Gasteiger partial charge < -0.3 is 5.32 Å². The second-order valence-electron chi connectivity index (χ2n) is 3.79. The molecule has 1 aromatic heterocycles. The van der Waals surface area contributed by atoms with E-state index in [0.29, 0.717) is 0 Å². The summed E-state index contributed by atoms with van der Waals surface area (Å²) in [5.74, 6) is 0. The van der Waals surface area contributed by atoms with Gasteiger partial charge in [-0.3, -0.25) is 0 Å². The van der Waals surface area contributed by atoms with Crippen molar-refractivity contribution in [2.45, 2.75) is 25.1 Å². The molecule has 86 valence electrons. The molecule has 0 aliphatic heterocycles. The second-order valence-corrected chi connectivity index (χ2v) is 7.31. The lowest BCUT2D eigenvalue weighted by Gasteiger charge is -2.21. The Labute approximate surface area is 95.4 Å². The van der Waals surface area contributed by atoms with Crippen molar-refractivity contribution in [1.29, 1.82) is 0 Å². The van der Waals surface area contributed by atoms with Gasteiger partial charge >= 0.3 is 0 Å². The lowest BCUT2D eigenvalue weighted by Crippen LogP contribution is -2.32. The Bertz CT molecular complexity index is 422. The standard InChI is InChI=1S/C10H17NO2S2/c1-7-5-9(6-14-7)10(11-3)8(2)15(4,12)13/h5-6,8,10-11H,1-4H3. The minimum absolute atomic E-state index is 0.120. The molecule has 15 heavy (non-hydrogen) atoms. The molecule has 1 heterocycles. The first-order valence-electron chi connectivity index (χ1n) is 4.77. The van der Waals surface area contributed by atoms with Gasteiger partial charge in [-0.25, -0.2) is 8.42 Å². The van der Waals surface area contributed by atoms with Crippen LogP contribution >= 0.6 is 11.3 Å². The summed E-state index contributed by atoms with van der Waals surface area (Å²) >= 11 is 1.64. The Morgan fingerprint density at radius 3 is 2.40 bits per heavy atom. The van der Waals surface area contributed by atoms with E-state index in [1.54, 1.807) is 25.3 Å². The summed E-state index contributed by atoms with van der Waals surface area (Å²) < 4.78 is 23.0. The number of hydrogen-bond acceptors (Lipinski definition) is 4. The molecule has 0 aromatic carbocycles. The van der Waals surface area contributed by atoms with Crippen LogP contribution in [0.15, 0.2) is 11.4 Å². The summed E-state index contributed by atoms with van der Waals surface area (Å²) in [4.78, 5) is 1.20. The predicted octanol–water partition coefficient (Wildman–Crippen LogP) is 1.75. The third-order valence-corrected chi connectivity index (χ3v) is 5.07. The lowest BCUT2D eigenvalue weighted by atomic mass is 10.1. The van der Waals surface area contributed by atoms with E-state index in [-0.39, 0.29) is 6.04 Å². The smallest absolute Gasteiger partial charge is 0.151 e. The van der Waals surface area contributed by atoms with Crippen molar-refractivity contribution in [2.75, 3.05) is 13.3 Å². The highest BCUT2D eigenvalue weighted by atomic mass is 32.2. The van der Waals surface area contributed by atoms with Crippen molar-refractivity contribution < 1.29 is 8.42 Å². The summed E-state index contributed by atoms with van der Waals surface area (Å²) in [6.45, 7) is 3.76. The van der Waals surface area contributed by atoms with E-state index < -0.39 is 15.1 Å². The number of sulfone groups is 1. The first-order valence-corrected chi connectivity index (χ1v) is 7.61. The Hall–Kier alpha value is -0.390. The Morgan fingerprint density at radius 2 is 2.07 bits per heavy atom. The van der Waals surface area contributed by atoms with Gasteiger partial charge in [-0.15, -0.1) is 11.3 Å². The van der Waals surface area contributed by atoms with E-state index in [2.05, 4.69) is 5.32 Å². The molecule has 0 aliphatic carbocycles. The van der Waals surface area contributed by atoms with Gasteiger partial charge in [0.05, 0.1) is 5.25 Å². The molecule has 0 radical (unpaired) electrons. The minimum atomic E-state index is -3.01. The van der Waals surface area contributed by atoms with E-state index in [4.69, 9.17) is 0 Å². The minimum Gasteiger partial charge on any atom is -0.312 e. The molecule has 1 aromatic rings. The maximum absolute atomic E-state index is 11.5. The molecule has 0 saturated heterocycles. The normalized spacial score (nSPS) is 16.3. The van der Waals surface area contributed by atoms with E-state index in [9.17, 15) is 8.42 Å². The summed E-state index contributed by atoms with van der Waals surface area (Å²) in [5, 5.41) is 4.67. The van der Waals surface area contributed by atoms with E-state index in [1.165, 1.54) is 11.1 Å². The van der Waals surface area contributed by atoms with Crippen molar-refractivity contribution in [3.05, 3.63) is 21.9 Å². The number of nitrogens with one attached hydrogen (secondary N) is 1. The lowest BCUT2D eigenvalue weighted by molar-refractivity contribution is 0.535. The summed E-state index contributed by atoms with van der Waals surface area (Å²) in [6, 6.07) is 1.91. The maximum Gasteiger partial charge on any atom is 0.151 e. The van der Waals surface area contributed by atoms with Crippen LogP contribution in [0.3, 0.4) is 0 Å². The molecule has 0 amide bonds. The van der Waals surface area contributed by atoms with Crippen LogP contribution < -0.4 is 5.32 Å². The summed E-state index contributed by atoms with van der Waals surface area (Å²) in [7, 11) is -1.22. The first-order chi connectivity index (χ1) is 6.86. The highest BCUT2D eigenvalue weighted by Crippen LogP contribution is 2.25. The topological polar surface area (TPSA) is 46.2 Å². The molecule has 3 nitrogen and oxygen atoms in total. The number of hydrogen-bond donors (Lipinski definition) is 1. The average Bonchev–Trinajstić information content (AvgIpc) is 2.51. The molecule has 5 heteroatoms. The summed E-state index contributed by atoms with van der Waals surface area (Å²) in [5.41, 5.74) is 1.05. The molecule has 0 bridgehead atoms. The van der Waals surface area contributed by atoms with Crippen molar-refractivity contribution in [2.24, 2.45) is 0 Å². The molecule has 1 rings (SSSR count). The van der Waals surface area contributed by atoms with Gasteiger partial charge in [0, 0.05) is 17.2 Å². The van der Waals surface area contributed by atoms with Crippen LogP contribution in [-0.2, 0) is 9.84 Å². The van der Waals surface area contributed by atoms with Gasteiger partial charge in [-0.2, -0.15) is 0 Å². The van der Waals surface area contributed by atoms with Gasteiger partial charge in [0.15, 0.2) is 9.84 Å². The van der Waals surface area contributed by atoms with Crippen LogP contribution in [-0.4, -0.2) is 27.0 Å². The summed E-state index contributed by atoms with van der Waals surface area (Å²) in [6.07, 6.45) is 1.28. The zero-order chi connectivity index (χ0) is 11.6. The van der Waals surface area contributed by atoms with Gasteiger partial charge in [0.2, 0.25) is 0 Å². The fourth-order valence-corrected chi connectivity index (χ4v) is 3.07. The zero-order valence-electron chi connectivity index (χ0n) is 9.44. The predicted molar refractivity (Wildman–Crippen MR) is 65.2 cm³/mol. The van der Waals surface area contributed by atoms with Gasteiger partial charge in [-0.1, -0.05) is 0 Å². The Kier molecular flexibility index (Phi) is 3.92. The molecular formula is C10H17NO2S2. The van der Waals surface area contributed by atoms with Crippen LogP contribution in [0.25, 0.3) is 0 Å². The molecule has 0 saturated carbocycles. The highest BCUT2D eigenvalue weighted by molar-refractivity contribution is 7.91. The molecule has 0 aliphatic rings. The maximum atomic E-state index is 11.5. The average molecular weight is 247 g/mol. The van der Waals surface area contributed by atoms with Crippen molar-refractivity contribution in [1.82, 2.24) is 5.32 Å². The van der Waals surface area contributed by atoms with Gasteiger partial charge in [0.25, 0.3) is 0 Å². The van der Waals surface area contributed by atoms with Gasteiger partial charge in [0.1, 0.15) is 0 Å². The third-order valence-electron chi connectivity index (χ3n) is 2.57. The van der Waals surface area contributed by atoms with Crippen LogP contribution in [0.5, 0.6) is 0 Å². The fraction of sp³-hybridized carbons (Fsp3) is 0.600. The quantitative estimate of drug-likeness (QED) is 0.881. The van der Waals surface area contributed by atoms with Crippen LogP contribution in [0.2, 0.25) is 0 Å². The molecule has 0 spiro atoms. The Morgan fingerprint density at radius 1 is 1.47 bits per heavy atom. The molecule has 1 N–H and O–H groups in total. The highest BCUT2D eigenvalue weighted by Gasteiger charge is 2.26. The number of rotatable bonds is 4. The zero-order valence-corrected chi connectivity index (χ0v) is 11.1. The second kappa shape index (κ2) is 4.63. The van der Waals surface area contributed by atoms with Crippen molar-refractivity contribution >= 4 is 21.2 Å². The molecule has 0 fully saturated rings. The number of thiophene rings is 1. The molecule has 2 unspecified atom stereocenters. The van der Waals surface area contributed by atoms with Crippen LogP contribution in [0.4, 0.5) is 0 Å². The van der Waals surface area contributed by atoms with E-state index in [0.717, 1.165) is 5.56 Å². The van der Waals surface area contributed by atoms with Crippen LogP contribution in [0.1, 0.15) is 23.4 Å². The van der Waals surface area contributed by atoms with E-state index >= 15 is 0 Å². The van der Waals surface area contributed by atoms with Crippen LogP contribution in [0, 0.1) is 6.92 Å². The molecule has 2 atom stereocenters. The fourth-order valence-electron chi connectivity index (χ4n) is 1.55. The monoisotopic (exact) mass is 247 g/mol. The van der Waals surface area contributed by atoms with Crippen molar-refractivity contribution in [3.63, 3.8) is 0 Å². The van der Waals surface area contributed by atoms with Gasteiger partial charge in [-0.05, 0) is 37.9 Å². The van der Waals surface area contributed by atoms with Crippen molar-refractivity contribution in [3.8, 4) is 0 Å². The third kappa shape index (κ3) is 3.03. The first kappa shape index (κ1) is 12.7. The SMILES string of the molecule is CNC(c1csc(C)c1)C(C)S(C)(=O)=O. The Balaban J connectivity index is 2.99. The number of aryl methyl sites for hydroxylation is 1. The van der Waals surface area contributed by atoms with E-state index in [1.807, 2.05) is 18.4 Å². The molecular weight excluding hydrogens is 230 g/mol.